The van der Waals surface area contributed by atoms with Crippen molar-refractivity contribution in [2.75, 3.05) is 6.61 Å². The lowest BCUT2D eigenvalue weighted by atomic mass is 9.85. The highest BCUT2D eigenvalue weighted by molar-refractivity contribution is 9.10. The molecule has 1 aromatic heterocycles. The van der Waals surface area contributed by atoms with Crippen molar-refractivity contribution in [1.82, 2.24) is 9.78 Å². The number of allylic oxidation sites excluding steroid dienone is 1. The zero-order valence-corrected chi connectivity index (χ0v) is 17.8. The molecular weight excluding hydrogens is 437 g/mol. The Morgan fingerprint density at radius 3 is 2.79 bits per heavy atom. The van der Waals surface area contributed by atoms with Crippen LogP contribution in [0.3, 0.4) is 0 Å². The standard InChI is InChI=1S/C22H19BrFN3O2/c1-4-29-22(28)20-12(2)19(13-6-8-18-15(9-13)11-27(3)26-18)21(25-20)14-5-7-16(23)17(24)10-14/h5-11,19H,4H2,1-3H3. The number of halogens is 2. The number of carbonyl (C=O) groups excluding carboxylic acids is 1. The van der Waals surface area contributed by atoms with Gasteiger partial charge in [0, 0.05) is 18.6 Å². The Kier molecular flexibility index (Phi) is 5.08. The Morgan fingerprint density at radius 1 is 1.28 bits per heavy atom. The summed E-state index contributed by atoms with van der Waals surface area (Å²) in [7, 11) is 1.87. The first-order chi connectivity index (χ1) is 13.9. The molecule has 0 amide bonds. The van der Waals surface area contributed by atoms with E-state index in [1.54, 1.807) is 23.7 Å². The molecule has 1 atom stereocenters. The minimum absolute atomic E-state index is 0.264. The van der Waals surface area contributed by atoms with Crippen molar-refractivity contribution in [2.24, 2.45) is 12.0 Å². The van der Waals surface area contributed by atoms with E-state index in [1.807, 2.05) is 38.4 Å². The Morgan fingerprint density at radius 2 is 2.07 bits per heavy atom. The Balaban J connectivity index is 1.86. The highest BCUT2D eigenvalue weighted by Crippen LogP contribution is 2.38. The van der Waals surface area contributed by atoms with E-state index in [9.17, 15) is 9.18 Å². The van der Waals surface area contributed by atoms with Crippen LogP contribution >= 0.6 is 15.9 Å². The van der Waals surface area contributed by atoms with E-state index < -0.39 is 5.97 Å². The zero-order valence-electron chi connectivity index (χ0n) is 16.2. The molecule has 0 spiro atoms. The predicted molar refractivity (Wildman–Crippen MR) is 113 cm³/mol. The molecule has 2 aromatic carbocycles. The summed E-state index contributed by atoms with van der Waals surface area (Å²) in [6, 6.07) is 10.8. The predicted octanol–water partition coefficient (Wildman–Crippen LogP) is 4.90. The summed E-state index contributed by atoms with van der Waals surface area (Å²) in [4.78, 5) is 17.1. The molecule has 0 saturated heterocycles. The fraction of sp³-hybridized carbons (Fsp3) is 0.227. The molecule has 148 valence electrons. The molecule has 0 bridgehead atoms. The first-order valence-corrected chi connectivity index (χ1v) is 10.0. The highest BCUT2D eigenvalue weighted by atomic mass is 79.9. The minimum Gasteiger partial charge on any atom is -0.461 e. The summed E-state index contributed by atoms with van der Waals surface area (Å²) in [5.41, 5.74) is 4.16. The van der Waals surface area contributed by atoms with Crippen molar-refractivity contribution in [2.45, 2.75) is 19.8 Å². The van der Waals surface area contributed by atoms with Gasteiger partial charge in [0.1, 0.15) is 11.5 Å². The normalized spacial score (nSPS) is 16.4. The van der Waals surface area contributed by atoms with Gasteiger partial charge in [-0.1, -0.05) is 12.1 Å². The third kappa shape index (κ3) is 3.51. The van der Waals surface area contributed by atoms with E-state index in [2.05, 4.69) is 26.0 Å². The quantitative estimate of drug-likeness (QED) is 0.525. The van der Waals surface area contributed by atoms with Crippen molar-refractivity contribution < 1.29 is 13.9 Å². The van der Waals surface area contributed by atoms with Crippen LogP contribution in [-0.2, 0) is 16.6 Å². The summed E-state index contributed by atoms with van der Waals surface area (Å²) in [6.07, 6.45) is 1.94. The van der Waals surface area contributed by atoms with Gasteiger partial charge in [-0.3, -0.25) is 4.68 Å². The van der Waals surface area contributed by atoms with Crippen LogP contribution in [0.15, 0.2) is 63.3 Å². The van der Waals surface area contributed by atoms with Crippen molar-refractivity contribution in [3.05, 3.63) is 75.3 Å². The molecule has 2 heterocycles. The Bertz CT molecular complexity index is 1200. The summed E-state index contributed by atoms with van der Waals surface area (Å²) in [6.45, 7) is 3.89. The van der Waals surface area contributed by atoms with Gasteiger partial charge in [0.05, 0.1) is 28.2 Å². The lowest BCUT2D eigenvalue weighted by molar-refractivity contribution is -0.138. The van der Waals surface area contributed by atoms with Crippen LogP contribution in [0.1, 0.15) is 30.9 Å². The van der Waals surface area contributed by atoms with Crippen LogP contribution in [-0.4, -0.2) is 28.1 Å². The molecule has 0 N–H and O–H groups in total. The number of aliphatic imine (C=N–C) groups is 1. The Labute approximate surface area is 176 Å². The molecule has 3 aromatic rings. The number of benzene rings is 2. The van der Waals surface area contributed by atoms with Crippen LogP contribution in [0.25, 0.3) is 10.9 Å². The number of ether oxygens (including phenoxy) is 1. The van der Waals surface area contributed by atoms with Gasteiger partial charge in [-0.2, -0.15) is 5.10 Å². The number of rotatable bonds is 4. The molecule has 4 rings (SSSR count). The molecule has 5 nitrogen and oxygen atoms in total. The monoisotopic (exact) mass is 455 g/mol. The highest BCUT2D eigenvalue weighted by Gasteiger charge is 2.33. The number of aromatic nitrogens is 2. The molecule has 0 fully saturated rings. The summed E-state index contributed by atoms with van der Waals surface area (Å²) < 4.78 is 21.5. The topological polar surface area (TPSA) is 56.5 Å². The summed E-state index contributed by atoms with van der Waals surface area (Å²) in [5, 5.41) is 5.40. The van der Waals surface area contributed by atoms with Gasteiger partial charge in [0.2, 0.25) is 0 Å². The fourth-order valence-electron chi connectivity index (χ4n) is 3.66. The second-order valence-corrected chi connectivity index (χ2v) is 7.79. The molecule has 0 aliphatic carbocycles. The van der Waals surface area contributed by atoms with E-state index in [-0.39, 0.29) is 24.0 Å². The summed E-state index contributed by atoms with van der Waals surface area (Å²) in [5.74, 6) is -1.13. The first kappa shape index (κ1) is 19.5. The van der Waals surface area contributed by atoms with E-state index in [1.165, 1.54) is 6.07 Å². The molecule has 0 radical (unpaired) electrons. The minimum atomic E-state index is -0.468. The van der Waals surface area contributed by atoms with Gasteiger partial charge >= 0.3 is 5.97 Å². The maximum absolute atomic E-state index is 14.2. The van der Waals surface area contributed by atoms with Crippen LogP contribution in [0, 0.1) is 5.82 Å². The van der Waals surface area contributed by atoms with Gasteiger partial charge in [0.25, 0.3) is 0 Å². The number of nitrogens with zero attached hydrogens (tertiary/aromatic N) is 3. The molecule has 7 heteroatoms. The number of aryl methyl sites for hydroxylation is 1. The fourth-order valence-corrected chi connectivity index (χ4v) is 3.91. The van der Waals surface area contributed by atoms with E-state index in [0.29, 0.717) is 15.7 Å². The average molecular weight is 456 g/mol. The van der Waals surface area contributed by atoms with Crippen LogP contribution in [0.2, 0.25) is 0 Å². The van der Waals surface area contributed by atoms with E-state index in [4.69, 9.17) is 4.74 Å². The second-order valence-electron chi connectivity index (χ2n) is 6.93. The van der Waals surface area contributed by atoms with Gasteiger partial charge in [-0.05, 0) is 70.7 Å². The summed E-state index contributed by atoms with van der Waals surface area (Å²) >= 11 is 3.19. The number of hydrogen-bond donors (Lipinski definition) is 0. The third-order valence-electron chi connectivity index (χ3n) is 4.97. The van der Waals surface area contributed by atoms with E-state index >= 15 is 0 Å². The third-order valence-corrected chi connectivity index (χ3v) is 5.62. The molecular formula is C22H19BrFN3O2. The van der Waals surface area contributed by atoms with Gasteiger partial charge < -0.3 is 4.74 Å². The molecule has 1 unspecified atom stereocenters. The number of hydrogen-bond acceptors (Lipinski definition) is 4. The largest absolute Gasteiger partial charge is 0.461 e. The molecule has 0 saturated carbocycles. The number of esters is 1. The van der Waals surface area contributed by atoms with E-state index in [0.717, 1.165) is 22.0 Å². The maximum atomic E-state index is 14.2. The average Bonchev–Trinajstić information content (AvgIpc) is 3.22. The molecule has 1 aliphatic heterocycles. The van der Waals surface area contributed by atoms with Gasteiger partial charge in [-0.15, -0.1) is 0 Å². The Hall–Kier alpha value is -2.80. The number of fused-ring (bicyclic) bond motifs is 1. The number of carbonyl (C=O) groups is 1. The SMILES string of the molecule is CCOC(=O)C1=C(C)C(c2ccc3nn(C)cc3c2)C(c2ccc(Br)c(F)c2)=N1. The van der Waals surface area contributed by atoms with Crippen molar-refractivity contribution >= 4 is 38.5 Å². The zero-order chi connectivity index (χ0) is 20.7. The van der Waals surface area contributed by atoms with Crippen LogP contribution < -0.4 is 0 Å². The maximum Gasteiger partial charge on any atom is 0.356 e. The van der Waals surface area contributed by atoms with Crippen molar-refractivity contribution in [1.29, 1.82) is 0 Å². The van der Waals surface area contributed by atoms with Crippen LogP contribution in [0.4, 0.5) is 4.39 Å². The molecule has 29 heavy (non-hydrogen) atoms. The second kappa shape index (κ2) is 7.55. The van der Waals surface area contributed by atoms with Gasteiger partial charge in [-0.25, -0.2) is 14.2 Å². The van der Waals surface area contributed by atoms with Crippen molar-refractivity contribution in [3.63, 3.8) is 0 Å². The molecule has 1 aliphatic rings. The smallest absolute Gasteiger partial charge is 0.356 e. The lowest BCUT2D eigenvalue weighted by Crippen LogP contribution is -2.12. The van der Waals surface area contributed by atoms with Crippen LogP contribution in [0.5, 0.6) is 0 Å². The van der Waals surface area contributed by atoms with Crippen molar-refractivity contribution in [3.8, 4) is 0 Å². The van der Waals surface area contributed by atoms with Gasteiger partial charge in [0.15, 0.2) is 0 Å². The first-order valence-electron chi connectivity index (χ1n) is 9.24. The lowest BCUT2D eigenvalue weighted by Gasteiger charge is -2.17.